The average Bonchev–Trinajstić information content (AvgIpc) is 2.04. The fourth-order valence-corrected chi connectivity index (χ4v) is 1.41. The first-order valence-corrected chi connectivity index (χ1v) is 4.60. The van der Waals surface area contributed by atoms with Crippen LogP contribution in [0.5, 0.6) is 0 Å². The summed E-state index contributed by atoms with van der Waals surface area (Å²) in [6.45, 7) is 9.99. The minimum Gasteiger partial charge on any atom is -0.263 e. The topological polar surface area (TPSA) is 12.4 Å². The molecular weight excluding hydrogens is 158 g/mol. The Hall–Kier alpha value is -1.11. The Bertz CT molecular complexity index is 294. The number of allylic oxidation sites excluding steroid dienone is 5. The molecule has 0 N–H and O–H groups in total. The third kappa shape index (κ3) is 2.41. The van der Waals surface area contributed by atoms with E-state index < -0.39 is 0 Å². The normalized spacial score (nSPS) is 27.8. The van der Waals surface area contributed by atoms with Gasteiger partial charge in [0.15, 0.2) is 0 Å². The van der Waals surface area contributed by atoms with Gasteiger partial charge in [0.1, 0.15) is 0 Å². The van der Waals surface area contributed by atoms with Crippen molar-refractivity contribution < 1.29 is 0 Å². The van der Waals surface area contributed by atoms with E-state index in [0.29, 0.717) is 0 Å². The number of hydrogen-bond acceptors (Lipinski definition) is 1. The summed E-state index contributed by atoms with van der Waals surface area (Å²) in [7, 11) is 0. The van der Waals surface area contributed by atoms with Gasteiger partial charge < -0.3 is 0 Å². The van der Waals surface area contributed by atoms with Gasteiger partial charge in [-0.3, -0.25) is 4.99 Å². The molecule has 0 bridgehead atoms. The van der Waals surface area contributed by atoms with Crippen LogP contribution in [-0.4, -0.2) is 5.71 Å². The third-order valence-electron chi connectivity index (χ3n) is 2.44. The van der Waals surface area contributed by atoms with Gasteiger partial charge in [-0.15, -0.1) is 0 Å². The summed E-state index contributed by atoms with van der Waals surface area (Å²) in [6.07, 6.45) is 9.58. The second-order valence-electron chi connectivity index (χ2n) is 3.84. The van der Waals surface area contributed by atoms with Crippen LogP contribution in [0.15, 0.2) is 41.6 Å². The molecule has 0 aromatic heterocycles. The lowest BCUT2D eigenvalue weighted by molar-refractivity contribution is 0.597. The van der Waals surface area contributed by atoms with Crippen LogP contribution in [0, 0.1) is 5.41 Å². The highest BCUT2D eigenvalue weighted by molar-refractivity contribution is 5.90. The maximum Gasteiger partial charge on any atom is 0.0300 e. The smallest absolute Gasteiger partial charge is 0.0300 e. The summed E-state index contributed by atoms with van der Waals surface area (Å²) in [5.74, 6) is 0. The second-order valence-corrected chi connectivity index (χ2v) is 3.84. The Labute approximate surface area is 80.6 Å². The van der Waals surface area contributed by atoms with Gasteiger partial charge in [-0.05, 0) is 20.3 Å². The van der Waals surface area contributed by atoms with Crippen LogP contribution in [-0.2, 0) is 0 Å². The first-order chi connectivity index (χ1) is 6.04. The third-order valence-corrected chi connectivity index (χ3v) is 2.44. The van der Waals surface area contributed by atoms with E-state index in [1.54, 1.807) is 0 Å². The Morgan fingerprint density at radius 3 is 2.54 bits per heavy atom. The predicted octanol–water partition coefficient (Wildman–Crippen LogP) is 3.50. The molecule has 0 aromatic carbocycles. The Morgan fingerprint density at radius 2 is 2.08 bits per heavy atom. The van der Waals surface area contributed by atoms with Crippen molar-refractivity contribution in [2.75, 3.05) is 0 Å². The monoisotopic (exact) mass is 175 g/mol. The number of hydrogen-bond donors (Lipinski definition) is 0. The molecule has 1 atom stereocenters. The molecule has 0 aromatic rings. The van der Waals surface area contributed by atoms with Gasteiger partial charge in [0.05, 0.1) is 0 Å². The van der Waals surface area contributed by atoms with Crippen LogP contribution in [0.3, 0.4) is 0 Å². The Morgan fingerprint density at radius 1 is 1.38 bits per heavy atom. The molecule has 1 heteroatoms. The summed E-state index contributed by atoms with van der Waals surface area (Å²) in [4.78, 5) is 4.41. The molecule has 0 aliphatic heterocycles. The summed E-state index contributed by atoms with van der Waals surface area (Å²) in [5, 5.41) is 0. The highest BCUT2D eigenvalue weighted by Gasteiger charge is 2.24. The quantitative estimate of drug-likeness (QED) is 0.569. The van der Waals surface area contributed by atoms with Gasteiger partial charge in [-0.2, -0.15) is 0 Å². The van der Waals surface area contributed by atoms with Crippen molar-refractivity contribution in [1.29, 1.82) is 0 Å². The summed E-state index contributed by atoms with van der Waals surface area (Å²) in [6, 6.07) is 0. The molecule has 1 rings (SSSR count). The molecule has 0 radical (unpaired) electrons. The van der Waals surface area contributed by atoms with Gasteiger partial charge in [-0.25, -0.2) is 0 Å². The molecule has 1 unspecified atom stereocenters. The van der Waals surface area contributed by atoms with Crippen LogP contribution < -0.4 is 0 Å². The largest absolute Gasteiger partial charge is 0.263 e. The van der Waals surface area contributed by atoms with Gasteiger partial charge in [0, 0.05) is 16.8 Å². The van der Waals surface area contributed by atoms with Crippen LogP contribution >= 0.6 is 0 Å². The molecule has 0 saturated heterocycles. The zero-order valence-corrected chi connectivity index (χ0v) is 8.67. The van der Waals surface area contributed by atoms with Gasteiger partial charge in [0.2, 0.25) is 0 Å². The van der Waals surface area contributed by atoms with E-state index in [9.17, 15) is 0 Å². The van der Waals surface area contributed by atoms with E-state index in [4.69, 9.17) is 0 Å². The molecular formula is C12H17N. The van der Waals surface area contributed by atoms with E-state index in [-0.39, 0.29) is 5.41 Å². The molecule has 0 amide bonds. The van der Waals surface area contributed by atoms with Crippen molar-refractivity contribution >= 4 is 5.71 Å². The lowest BCUT2D eigenvalue weighted by Gasteiger charge is -2.26. The molecule has 1 aliphatic carbocycles. The van der Waals surface area contributed by atoms with Gasteiger partial charge in [-0.1, -0.05) is 37.8 Å². The minimum absolute atomic E-state index is 0.0910. The van der Waals surface area contributed by atoms with E-state index in [1.165, 1.54) is 0 Å². The highest BCUT2D eigenvalue weighted by atomic mass is 14.8. The van der Waals surface area contributed by atoms with E-state index in [0.717, 1.165) is 17.8 Å². The molecule has 13 heavy (non-hydrogen) atoms. The fraction of sp³-hybridized carbons (Fsp3) is 0.417. The molecule has 0 saturated carbocycles. The predicted molar refractivity (Wildman–Crippen MR) is 58.9 cm³/mol. The van der Waals surface area contributed by atoms with Gasteiger partial charge >= 0.3 is 0 Å². The van der Waals surface area contributed by atoms with Crippen molar-refractivity contribution in [2.45, 2.75) is 27.2 Å². The zero-order chi connectivity index (χ0) is 9.90. The standard InChI is InChI=1S/C12H17N/c1-10(2)13-11(3)12(4)8-6-5-7-9-12/h5-8H,1,9H2,2-4H3. The molecule has 1 aliphatic rings. The van der Waals surface area contributed by atoms with Crippen LogP contribution in [0.2, 0.25) is 0 Å². The lowest BCUT2D eigenvalue weighted by atomic mass is 9.80. The van der Waals surface area contributed by atoms with Crippen LogP contribution in [0.1, 0.15) is 27.2 Å². The van der Waals surface area contributed by atoms with Crippen LogP contribution in [0.4, 0.5) is 0 Å². The molecule has 0 fully saturated rings. The maximum atomic E-state index is 4.41. The van der Waals surface area contributed by atoms with Gasteiger partial charge in [0.25, 0.3) is 0 Å². The van der Waals surface area contributed by atoms with Crippen molar-refractivity contribution in [3.8, 4) is 0 Å². The van der Waals surface area contributed by atoms with Crippen molar-refractivity contribution in [3.05, 3.63) is 36.6 Å². The second kappa shape index (κ2) is 3.73. The van der Waals surface area contributed by atoms with Crippen molar-refractivity contribution in [1.82, 2.24) is 0 Å². The Kier molecular flexibility index (Phi) is 2.86. The first-order valence-electron chi connectivity index (χ1n) is 4.60. The Balaban J connectivity index is 2.87. The van der Waals surface area contributed by atoms with E-state index >= 15 is 0 Å². The summed E-state index contributed by atoms with van der Waals surface area (Å²) in [5.41, 5.74) is 2.11. The first kappa shape index (κ1) is 9.97. The number of aliphatic imine (C=N–C) groups is 1. The number of rotatable bonds is 2. The average molecular weight is 175 g/mol. The van der Waals surface area contributed by atoms with Crippen molar-refractivity contribution in [3.63, 3.8) is 0 Å². The lowest BCUT2D eigenvalue weighted by Crippen LogP contribution is -2.23. The zero-order valence-electron chi connectivity index (χ0n) is 8.67. The SMILES string of the molecule is C=C(C)N=C(C)C1(C)C=CC=CC1. The minimum atomic E-state index is 0.0910. The molecule has 0 spiro atoms. The van der Waals surface area contributed by atoms with E-state index in [2.05, 4.69) is 49.7 Å². The highest BCUT2D eigenvalue weighted by Crippen LogP contribution is 2.29. The number of nitrogens with zero attached hydrogens (tertiary/aromatic N) is 1. The molecule has 70 valence electrons. The molecule has 0 heterocycles. The summed E-state index contributed by atoms with van der Waals surface area (Å²) >= 11 is 0. The maximum absolute atomic E-state index is 4.41. The van der Waals surface area contributed by atoms with E-state index in [1.807, 2.05) is 6.92 Å². The van der Waals surface area contributed by atoms with Crippen LogP contribution in [0.25, 0.3) is 0 Å². The fourth-order valence-electron chi connectivity index (χ4n) is 1.41. The van der Waals surface area contributed by atoms with Crippen molar-refractivity contribution in [2.24, 2.45) is 10.4 Å². The molecule has 1 nitrogen and oxygen atoms in total. The summed E-state index contributed by atoms with van der Waals surface area (Å²) < 4.78 is 0.